The minimum atomic E-state index is -0.352. The van der Waals surface area contributed by atoms with Gasteiger partial charge in [-0.15, -0.1) is 0 Å². The Morgan fingerprint density at radius 1 is 1.56 bits per heavy atom. The summed E-state index contributed by atoms with van der Waals surface area (Å²) < 4.78 is 0.878. The van der Waals surface area contributed by atoms with E-state index >= 15 is 0 Å². The predicted octanol–water partition coefficient (Wildman–Crippen LogP) is 1.61. The van der Waals surface area contributed by atoms with Gasteiger partial charge in [0.05, 0.1) is 11.6 Å². The van der Waals surface area contributed by atoms with Crippen LogP contribution in [0.3, 0.4) is 0 Å². The molecule has 1 atom stereocenters. The molecule has 2 rings (SSSR count). The number of carbonyl (C=O) groups is 1. The molecule has 1 aromatic carbocycles. The first-order valence-electron chi connectivity index (χ1n) is 5.22. The molecule has 1 unspecified atom stereocenters. The molecule has 0 aliphatic heterocycles. The van der Waals surface area contributed by atoms with Crippen LogP contribution in [0.15, 0.2) is 24.5 Å². The van der Waals surface area contributed by atoms with Crippen LogP contribution in [0, 0.1) is 3.57 Å². The van der Waals surface area contributed by atoms with Gasteiger partial charge in [-0.2, -0.15) is 5.10 Å². The van der Waals surface area contributed by atoms with Gasteiger partial charge in [0.25, 0.3) is 5.91 Å². The lowest BCUT2D eigenvalue weighted by Gasteiger charge is -2.12. The van der Waals surface area contributed by atoms with Crippen LogP contribution in [-0.4, -0.2) is 26.2 Å². The van der Waals surface area contributed by atoms with Crippen LogP contribution < -0.4 is 5.32 Å². The lowest BCUT2D eigenvalue weighted by Crippen LogP contribution is -2.27. The van der Waals surface area contributed by atoms with Crippen molar-refractivity contribution < 1.29 is 9.90 Å². The first kappa shape index (κ1) is 12.8. The average Bonchev–Trinajstić information content (AvgIpc) is 2.85. The normalized spacial score (nSPS) is 12.1. The van der Waals surface area contributed by atoms with E-state index in [1.807, 2.05) is 0 Å². The highest BCUT2D eigenvalue weighted by atomic mass is 127. The zero-order valence-electron chi connectivity index (χ0n) is 9.51. The van der Waals surface area contributed by atoms with E-state index in [4.69, 9.17) is 0 Å². The summed E-state index contributed by atoms with van der Waals surface area (Å²) in [4.78, 5) is 15.9. The highest BCUT2D eigenvalue weighted by Gasteiger charge is 2.16. The van der Waals surface area contributed by atoms with E-state index in [0.29, 0.717) is 5.82 Å². The molecule has 94 valence electrons. The molecule has 1 aromatic heterocycles. The van der Waals surface area contributed by atoms with Gasteiger partial charge in [0, 0.05) is 3.57 Å². The molecule has 1 amide bonds. The smallest absolute Gasteiger partial charge is 0.255 e. The summed E-state index contributed by atoms with van der Waals surface area (Å²) in [5, 5.41) is 18.8. The Labute approximate surface area is 117 Å². The van der Waals surface area contributed by atoms with Crippen LogP contribution in [0.2, 0.25) is 0 Å². The van der Waals surface area contributed by atoms with Crippen molar-refractivity contribution in [3.05, 3.63) is 39.5 Å². The SMILES string of the molecule is CC(NC(=O)c1cc(I)ccc1O)c1ncn[nH]1. The van der Waals surface area contributed by atoms with E-state index in [2.05, 4.69) is 43.1 Å². The lowest BCUT2D eigenvalue weighted by molar-refractivity contribution is 0.0935. The molecule has 0 bridgehead atoms. The topological polar surface area (TPSA) is 90.9 Å². The van der Waals surface area contributed by atoms with Gasteiger partial charge in [0.2, 0.25) is 0 Å². The Morgan fingerprint density at radius 2 is 2.33 bits per heavy atom. The van der Waals surface area contributed by atoms with E-state index < -0.39 is 0 Å². The Hall–Kier alpha value is -1.64. The monoisotopic (exact) mass is 358 g/mol. The fourth-order valence-corrected chi connectivity index (χ4v) is 1.95. The number of rotatable bonds is 3. The van der Waals surface area contributed by atoms with Crippen LogP contribution in [0.1, 0.15) is 29.1 Å². The van der Waals surface area contributed by atoms with Gasteiger partial charge in [-0.1, -0.05) is 0 Å². The van der Waals surface area contributed by atoms with E-state index in [9.17, 15) is 9.90 Å². The maximum atomic E-state index is 12.0. The molecule has 0 saturated carbocycles. The molecule has 0 aliphatic carbocycles. The number of amides is 1. The van der Waals surface area contributed by atoms with Crippen molar-refractivity contribution in [2.75, 3.05) is 0 Å². The van der Waals surface area contributed by atoms with Crippen LogP contribution in [0.4, 0.5) is 0 Å². The van der Waals surface area contributed by atoms with Gasteiger partial charge >= 0.3 is 0 Å². The number of nitrogens with zero attached hydrogens (tertiary/aromatic N) is 2. The molecule has 0 radical (unpaired) electrons. The molecule has 0 fully saturated rings. The van der Waals surface area contributed by atoms with Crippen LogP contribution in [-0.2, 0) is 0 Å². The molecule has 1 heterocycles. The Balaban J connectivity index is 2.15. The van der Waals surface area contributed by atoms with Crippen molar-refractivity contribution in [2.45, 2.75) is 13.0 Å². The van der Waals surface area contributed by atoms with Crippen LogP contribution >= 0.6 is 22.6 Å². The molecule has 0 aliphatic rings. The molecule has 3 N–H and O–H groups in total. The van der Waals surface area contributed by atoms with Crippen LogP contribution in [0.25, 0.3) is 0 Å². The first-order valence-corrected chi connectivity index (χ1v) is 6.30. The number of phenolic OH excluding ortho intramolecular Hbond substituents is 1. The summed E-state index contributed by atoms with van der Waals surface area (Å²) in [6.45, 7) is 1.78. The van der Waals surface area contributed by atoms with E-state index in [1.165, 1.54) is 12.4 Å². The largest absolute Gasteiger partial charge is 0.507 e. The fourth-order valence-electron chi connectivity index (χ4n) is 1.46. The quantitative estimate of drug-likeness (QED) is 0.727. The summed E-state index contributed by atoms with van der Waals surface area (Å²) in [5.74, 6) is 0.168. The first-order chi connectivity index (χ1) is 8.58. The molecule has 6 nitrogen and oxygen atoms in total. The Kier molecular flexibility index (Phi) is 3.80. The fraction of sp³-hybridized carbons (Fsp3) is 0.182. The number of aromatic hydroxyl groups is 1. The van der Waals surface area contributed by atoms with Crippen LogP contribution in [0.5, 0.6) is 5.75 Å². The molecule has 18 heavy (non-hydrogen) atoms. The van der Waals surface area contributed by atoms with Crippen molar-refractivity contribution >= 4 is 28.5 Å². The zero-order chi connectivity index (χ0) is 13.1. The zero-order valence-corrected chi connectivity index (χ0v) is 11.7. The molecule has 2 aromatic rings. The second kappa shape index (κ2) is 5.34. The third-order valence-electron chi connectivity index (χ3n) is 2.39. The van der Waals surface area contributed by atoms with Gasteiger partial charge in [-0.3, -0.25) is 9.89 Å². The average molecular weight is 358 g/mol. The number of aromatic amines is 1. The van der Waals surface area contributed by atoms with Gasteiger partial charge in [-0.05, 0) is 47.7 Å². The van der Waals surface area contributed by atoms with Crippen molar-refractivity contribution in [1.29, 1.82) is 0 Å². The highest BCUT2D eigenvalue weighted by molar-refractivity contribution is 14.1. The minimum Gasteiger partial charge on any atom is -0.507 e. The number of H-pyrrole nitrogens is 1. The van der Waals surface area contributed by atoms with Gasteiger partial charge in [0.15, 0.2) is 0 Å². The predicted molar refractivity (Wildman–Crippen MR) is 73.1 cm³/mol. The van der Waals surface area contributed by atoms with Crippen molar-refractivity contribution in [3.8, 4) is 5.75 Å². The number of hydrogen-bond donors (Lipinski definition) is 3. The Bertz CT molecular complexity index is 556. The Morgan fingerprint density at radius 3 is 3.00 bits per heavy atom. The summed E-state index contributed by atoms with van der Waals surface area (Å²) in [7, 11) is 0. The molecule has 0 spiro atoms. The van der Waals surface area contributed by atoms with Gasteiger partial charge < -0.3 is 10.4 Å². The maximum absolute atomic E-state index is 12.0. The van der Waals surface area contributed by atoms with E-state index in [0.717, 1.165) is 3.57 Å². The number of nitrogens with one attached hydrogen (secondary N) is 2. The second-order valence-electron chi connectivity index (χ2n) is 3.73. The standard InChI is InChI=1S/C11H11IN4O2/c1-6(10-13-5-14-16-10)15-11(18)8-4-7(12)2-3-9(8)17/h2-6,17H,1H3,(H,15,18)(H,13,14,16). The minimum absolute atomic E-state index is 0.0438. The summed E-state index contributed by atoms with van der Waals surface area (Å²) in [5.41, 5.74) is 0.244. The second-order valence-corrected chi connectivity index (χ2v) is 4.97. The summed E-state index contributed by atoms with van der Waals surface area (Å²) in [6.07, 6.45) is 1.38. The van der Waals surface area contributed by atoms with Crippen molar-refractivity contribution in [1.82, 2.24) is 20.5 Å². The third kappa shape index (κ3) is 2.78. The lowest BCUT2D eigenvalue weighted by atomic mass is 10.1. The third-order valence-corrected chi connectivity index (χ3v) is 3.07. The number of aromatic nitrogens is 3. The van der Waals surface area contributed by atoms with E-state index in [1.54, 1.807) is 19.1 Å². The summed E-state index contributed by atoms with van der Waals surface area (Å²) >= 11 is 2.08. The number of carbonyl (C=O) groups excluding carboxylic acids is 1. The molecule has 7 heteroatoms. The molecular formula is C11H11IN4O2. The molecule has 0 saturated heterocycles. The maximum Gasteiger partial charge on any atom is 0.255 e. The van der Waals surface area contributed by atoms with Gasteiger partial charge in [0.1, 0.15) is 17.9 Å². The number of phenols is 1. The number of benzene rings is 1. The van der Waals surface area contributed by atoms with Gasteiger partial charge in [-0.25, -0.2) is 4.98 Å². The van der Waals surface area contributed by atoms with E-state index in [-0.39, 0.29) is 23.3 Å². The number of halogens is 1. The number of hydrogen-bond acceptors (Lipinski definition) is 4. The van der Waals surface area contributed by atoms with Crippen molar-refractivity contribution in [3.63, 3.8) is 0 Å². The van der Waals surface area contributed by atoms with Crippen molar-refractivity contribution in [2.24, 2.45) is 0 Å². The molecular weight excluding hydrogens is 347 g/mol. The highest BCUT2D eigenvalue weighted by Crippen LogP contribution is 2.20. The summed E-state index contributed by atoms with van der Waals surface area (Å²) in [6, 6.07) is 4.54.